The molecule has 0 N–H and O–H groups in total. The normalized spacial score (nSPS) is 14.0. The number of halogens is 2. The van der Waals surface area contributed by atoms with Crippen LogP contribution in [0.4, 0.5) is 4.39 Å². The molecule has 154 valence electrons. The number of carbonyl (C=O) groups excluding carboxylic acids is 2. The molecule has 1 heterocycles. The Morgan fingerprint density at radius 3 is 2.59 bits per heavy atom. The lowest BCUT2D eigenvalue weighted by molar-refractivity contribution is 0.0731. The summed E-state index contributed by atoms with van der Waals surface area (Å²) in [4.78, 5) is 25.6. The quantitative estimate of drug-likeness (QED) is 0.683. The highest BCUT2D eigenvalue weighted by Gasteiger charge is 2.27. The highest BCUT2D eigenvalue weighted by molar-refractivity contribution is 7.90. The first-order valence-corrected chi connectivity index (χ1v) is 11.2. The fourth-order valence-electron chi connectivity index (χ4n) is 3.29. The number of ether oxygens (including phenoxy) is 1. The van der Waals surface area contributed by atoms with Crippen LogP contribution in [0.15, 0.2) is 35.2 Å². The third kappa shape index (κ3) is 4.28. The molecule has 1 aliphatic heterocycles. The molecule has 3 rings (SSSR count). The predicted molar refractivity (Wildman–Crippen MR) is 106 cm³/mol. The van der Waals surface area contributed by atoms with Gasteiger partial charge in [-0.15, -0.1) is 0 Å². The van der Waals surface area contributed by atoms with Crippen LogP contribution in [0.3, 0.4) is 0 Å². The number of hydrogen-bond donors (Lipinski definition) is 0. The van der Waals surface area contributed by atoms with Crippen molar-refractivity contribution in [2.24, 2.45) is 0 Å². The van der Waals surface area contributed by atoms with Crippen LogP contribution in [0.2, 0.25) is 0 Å². The number of rotatable bonds is 4. The molecular weight excluding hydrogens is 421 g/mol. The molecule has 0 radical (unpaired) electrons. The molecule has 0 fully saturated rings. The Kier molecular flexibility index (Phi) is 5.95. The smallest absolute Gasteiger partial charge is 0.254 e. The van der Waals surface area contributed by atoms with Crippen LogP contribution in [-0.2, 0) is 22.8 Å². The first kappa shape index (κ1) is 21.3. The van der Waals surface area contributed by atoms with E-state index in [-0.39, 0.29) is 42.8 Å². The average molecular weight is 440 g/mol. The Hall–Kier alpha value is -2.45. The van der Waals surface area contributed by atoms with Crippen molar-refractivity contribution in [2.45, 2.75) is 24.8 Å². The second kappa shape index (κ2) is 8.12. The molecule has 0 aliphatic carbocycles. The third-order valence-electron chi connectivity index (χ3n) is 4.75. The fraction of sp³-hybridized carbons (Fsp3) is 0.300. The summed E-state index contributed by atoms with van der Waals surface area (Å²) in [5, 5.41) is -0.623. The Morgan fingerprint density at radius 1 is 1.24 bits per heavy atom. The van der Waals surface area contributed by atoms with Crippen LogP contribution in [0, 0.1) is 5.82 Å². The largest absolute Gasteiger partial charge is 0.491 e. The molecule has 0 unspecified atom stereocenters. The number of nitrogens with zero attached hydrogens (tertiary/aromatic N) is 1. The average Bonchev–Trinajstić information content (AvgIpc) is 2.87. The summed E-state index contributed by atoms with van der Waals surface area (Å²) in [6, 6.07) is 7.18. The van der Waals surface area contributed by atoms with Crippen molar-refractivity contribution in [1.82, 2.24) is 4.90 Å². The van der Waals surface area contributed by atoms with Gasteiger partial charge in [0.2, 0.25) is 0 Å². The number of fused-ring (bicyclic) bond motifs is 1. The van der Waals surface area contributed by atoms with Crippen molar-refractivity contribution in [3.05, 3.63) is 58.4 Å². The summed E-state index contributed by atoms with van der Waals surface area (Å²) in [5.74, 6) is -0.807. The van der Waals surface area contributed by atoms with Gasteiger partial charge in [-0.2, -0.15) is 0 Å². The van der Waals surface area contributed by atoms with E-state index >= 15 is 0 Å². The van der Waals surface area contributed by atoms with E-state index in [1.54, 1.807) is 25.1 Å². The van der Waals surface area contributed by atoms with Gasteiger partial charge in [0, 0.05) is 35.1 Å². The van der Waals surface area contributed by atoms with E-state index in [0.717, 1.165) is 12.3 Å². The van der Waals surface area contributed by atoms with Gasteiger partial charge in [-0.25, -0.2) is 12.8 Å². The summed E-state index contributed by atoms with van der Waals surface area (Å²) in [6.45, 7) is 2.26. The van der Waals surface area contributed by atoms with Crippen molar-refractivity contribution >= 4 is 32.6 Å². The highest BCUT2D eigenvalue weighted by Crippen LogP contribution is 2.28. The van der Waals surface area contributed by atoms with Gasteiger partial charge in [-0.05, 0) is 48.4 Å². The summed E-state index contributed by atoms with van der Waals surface area (Å²) in [5.41, 5.74) is 1.04. The van der Waals surface area contributed by atoms with Crippen molar-refractivity contribution in [2.75, 3.05) is 19.4 Å². The molecule has 0 saturated heterocycles. The zero-order valence-corrected chi connectivity index (χ0v) is 17.4. The minimum atomic E-state index is -3.76. The Labute approximate surface area is 173 Å². The molecule has 1 aliphatic rings. The van der Waals surface area contributed by atoms with Crippen LogP contribution in [0.25, 0.3) is 0 Å². The number of benzene rings is 2. The van der Waals surface area contributed by atoms with E-state index in [9.17, 15) is 22.4 Å². The van der Waals surface area contributed by atoms with Gasteiger partial charge in [0.25, 0.3) is 11.1 Å². The minimum absolute atomic E-state index is 0.0491. The molecule has 2 aromatic rings. The zero-order chi connectivity index (χ0) is 21.3. The summed E-state index contributed by atoms with van der Waals surface area (Å²) >= 11 is 5.54. The van der Waals surface area contributed by atoms with E-state index in [2.05, 4.69) is 0 Å². The molecule has 6 nitrogen and oxygen atoms in total. The lowest BCUT2D eigenvalue weighted by Gasteiger charge is -2.22. The van der Waals surface area contributed by atoms with Crippen LogP contribution in [0.5, 0.6) is 5.75 Å². The standard InChI is InChI=1S/C20H19ClFNO5S/c1-3-14-15(5-7-17(18(14)22)29(2,26)27)20(25)23-8-9-28-16-6-4-12(19(21)24)10-13(16)11-23/h4-7,10H,3,8-9,11H2,1-2H3. The van der Waals surface area contributed by atoms with Gasteiger partial charge in [0.1, 0.15) is 23.1 Å². The molecule has 0 bridgehead atoms. The fourth-order valence-corrected chi connectivity index (χ4v) is 4.17. The van der Waals surface area contributed by atoms with Gasteiger partial charge >= 0.3 is 0 Å². The maximum atomic E-state index is 14.8. The highest BCUT2D eigenvalue weighted by atomic mass is 35.5. The number of amides is 1. The Bertz CT molecular complexity index is 1100. The van der Waals surface area contributed by atoms with E-state index in [1.807, 2.05) is 0 Å². The third-order valence-corrected chi connectivity index (χ3v) is 6.08. The second-order valence-electron chi connectivity index (χ2n) is 6.70. The van der Waals surface area contributed by atoms with Gasteiger partial charge < -0.3 is 9.64 Å². The molecular formula is C20H19ClFNO5S. The van der Waals surface area contributed by atoms with E-state index in [4.69, 9.17) is 16.3 Å². The Balaban J connectivity index is 1.99. The monoisotopic (exact) mass is 439 g/mol. The van der Waals surface area contributed by atoms with Crippen LogP contribution >= 0.6 is 11.6 Å². The molecule has 0 atom stereocenters. The summed E-state index contributed by atoms with van der Waals surface area (Å²) in [6.07, 6.45) is 1.08. The van der Waals surface area contributed by atoms with Crippen LogP contribution < -0.4 is 4.74 Å². The van der Waals surface area contributed by atoms with Gasteiger partial charge in [0.15, 0.2) is 9.84 Å². The molecule has 29 heavy (non-hydrogen) atoms. The summed E-state index contributed by atoms with van der Waals surface area (Å²) < 4.78 is 44.0. The van der Waals surface area contributed by atoms with Crippen molar-refractivity contribution in [3.8, 4) is 5.75 Å². The molecule has 0 aromatic heterocycles. The van der Waals surface area contributed by atoms with E-state index in [0.29, 0.717) is 11.3 Å². The van der Waals surface area contributed by atoms with Crippen LogP contribution in [0.1, 0.15) is 38.8 Å². The van der Waals surface area contributed by atoms with Gasteiger partial charge in [-0.1, -0.05) is 6.92 Å². The Morgan fingerprint density at radius 2 is 1.97 bits per heavy atom. The van der Waals surface area contributed by atoms with Crippen molar-refractivity contribution < 1.29 is 27.1 Å². The number of hydrogen-bond acceptors (Lipinski definition) is 5. The maximum absolute atomic E-state index is 14.8. The lowest BCUT2D eigenvalue weighted by Crippen LogP contribution is -2.33. The first-order chi connectivity index (χ1) is 13.6. The number of carbonyl (C=O) groups is 2. The van der Waals surface area contributed by atoms with Gasteiger partial charge in [-0.3, -0.25) is 9.59 Å². The zero-order valence-electron chi connectivity index (χ0n) is 15.9. The number of sulfone groups is 1. The molecule has 0 saturated carbocycles. The second-order valence-corrected chi connectivity index (χ2v) is 9.03. The topological polar surface area (TPSA) is 80.8 Å². The molecule has 1 amide bonds. The van der Waals surface area contributed by atoms with Crippen molar-refractivity contribution in [1.29, 1.82) is 0 Å². The van der Waals surface area contributed by atoms with E-state index < -0.39 is 31.7 Å². The van der Waals surface area contributed by atoms with Gasteiger partial charge in [0.05, 0.1) is 6.54 Å². The predicted octanol–water partition coefficient (Wildman–Crippen LogP) is 3.21. The van der Waals surface area contributed by atoms with E-state index in [1.165, 1.54) is 11.0 Å². The SMILES string of the molecule is CCc1c(C(=O)N2CCOc3ccc(C(=O)Cl)cc3C2)ccc(S(C)(=O)=O)c1F. The lowest BCUT2D eigenvalue weighted by atomic mass is 10.0. The first-order valence-electron chi connectivity index (χ1n) is 8.89. The molecule has 9 heteroatoms. The molecule has 0 spiro atoms. The molecule has 2 aromatic carbocycles. The minimum Gasteiger partial charge on any atom is -0.491 e. The van der Waals surface area contributed by atoms with Crippen LogP contribution in [-0.4, -0.2) is 43.9 Å². The van der Waals surface area contributed by atoms with Crippen molar-refractivity contribution in [3.63, 3.8) is 0 Å². The summed E-state index contributed by atoms with van der Waals surface area (Å²) in [7, 11) is -3.76. The maximum Gasteiger partial charge on any atom is 0.254 e.